The molecule has 1 aromatic heterocycles. The Morgan fingerprint density at radius 2 is 1.81 bits per heavy atom. The number of methoxy groups -OCH3 is 1. The van der Waals surface area contributed by atoms with Crippen LogP contribution < -0.4 is 19.6 Å². The Hall–Kier alpha value is -5.59. The molecular weight excluding hydrogens is 568 g/mol. The molecular formula is C33H25ClN4O5. The average Bonchev–Trinajstić information content (AvgIpc) is 3.42. The number of carbonyl (C=O) groups excluding carboxylic acids is 2. The van der Waals surface area contributed by atoms with E-state index < -0.39 is 11.9 Å². The second-order valence-corrected chi connectivity index (χ2v) is 9.56. The first-order chi connectivity index (χ1) is 20.9. The number of hydrogen-bond acceptors (Lipinski definition) is 7. The molecule has 0 fully saturated rings. The van der Waals surface area contributed by atoms with E-state index in [1.54, 1.807) is 73.8 Å². The molecule has 0 spiro atoms. The van der Waals surface area contributed by atoms with Gasteiger partial charge in [-0.15, -0.1) is 0 Å². The molecule has 0 atom stereocenters. The lowest BCUT2D eigenvalue weighted by Gasteiger charge is -2.11. The van der Waals surface area contributed by atoms with E-state index in [9.17, 15) is 14.9 Å². The van der Waals surface area contributed by atoms with Gasteiger partial charge in [-0.1, -0.05) is 41.9 Å². The zero-order valence-corrected chi connectivity index (χ0v) is 23.9. The molecule has 10 heteroatoms. The summed E-state index contributed by atoms with van der Waals surface area (Å²) in [5.74, 6) is 0.115. The number of nitriles is 1. The van der Waals surface area contributed by atoms with Crippen molar-refractivity contribution in [2.75, 3.05) is 13.7 Å². The van der Waals surface area contributed by atoms with Gasteiger partial charge in [-0.3, -0.25) is 4.79 Å². The average molecular weight is 593 g/mol. The molecule has 5 aromatic rings. The normalized spacial score (nSPS) is 10.8. The third kappa shape index (κ3) is 6.20. The molecule has 0 aliphatic carbocycles. The number of amides is 1. The number of H-pyrrole nitrogens is 1. The fraction of sp³-hybridized carbons (Fsp3) is 0.0909. The highest BCUT2D eigenvalue weighted by Gasteiger charge is 2.22. The van der Waals surface area contributed by atoms with Crippen molar-refractivity contribution in [2.24, 2.45) is 5.10 Å². The number of benzene rings is 4. The zero-order chi connectivity index (χ0) is 30.3. The first-order valence-electron chi connectivity index (χ1n) is 13.2. The summed E-state index contributed by atoms with van der Waals surface area (Å²) in [7, 11) is 1.54. The molecule has 0 aliphatic heterocycles. The van der Waals surface area contributed by atoms with Crippen LogP contribution in [-0.2, 0) is 0 Å². The topological polar surface area (TPSA) is 126 Å². The van der Waals surface area contributed by atoms with Crippen LogP contribution in [0.1, 0.15) is 38.9 Å². The first kappa shape index (κ1) is 28.9. The largest absolute Gasteiger partial charge is 0.497 e. The van der Waals surface area contributed by atoms with Crippen molar-refractivity contribution in [2.45, 2.75) is 6.92 Å². The molecule has 0 aliphatic rings. The standard InChI is InChI=1S/C33H25ClN4O5/c1-3-42-28-17-20(11-16-27(28)43-33(40)21-12-14-23(41-2)15-13-21)19-36-38-32(39)31-29(24-8-4-5-10-26(24)34)25-9-6-7-22(18-35)30(25)37-31/h4-17,19,37H,3H2,1-2H3,(H,38,39). The molecule has 0 radical (unpaired) electrons. The second kappa shape index (κ2) is 12.9. The summed E-state index contributed by atoms with van der Waals surface area (Å²) >= 11 is 6.49. The lowest BCUT2D eigenvalue weighted by atomic mass is 10.0. The second-order valence-electron chi connectivity index (χ2n) is 9.15. The van der Waals surface area contributed by atoms with Gasteiger partial charge in [-0.25, -0.2) is 10.2 Å². The number of ether oxygens (including phenoxy) is 3. The Bertz CT molecular complexity index is 1890. The lowest BCUT2D eigenvalue weighted by molar-refractivity contribution is 0.0728. The molecule has 4 aromatic carbocycles. The van der Waals surface area contributed by atoms with Gasteiger partial charge >= 0.3 is 5.97 Å². The molecule has 0 bridgehead atoms. The monoisotopic (exact) mass is 592 g/mol. The minimum atomic E-state index is -0.551. The van der Waals surface area contributed by atoms with Crippen LogP contribution in [-0.4, -0.2) is 36.8 Å². The Kier molecular flexibility index (Phi) is 8.70. The Balaban J connectivity index is 1.38. The minimum absolute atomic E-state index is 0.207. The molecule has 214 valence electrons. The summed E-state index contributed by atoms with van der Waals surface area (Å²) in [6.45, 7) is 2.14. The van der Waals surface area contributed by atoms with Gasteiger partial charge in [-0.05, 0) is 67.1 Å². The summed E-state index contributed by atoms with van der Waals surface area (Å²) in [5.41, 5.74) is 5.81. The quantitative estimate of drug-likeness (QED) is 0.0844. The maximum atomic E-state index is 13.4. The predicted octanol–water partition coefficient (Wildman–Crippen LogP) is 6.75. The van der Waals surface area contributed by atoms with Crippen LogP contribution in [0.15, 0.2) is 90.0 Å². The zero-order valence-electron chi connectivity index (χ0n) is 23.2. The van der Waals surface area contributed by atoms with E-state index in [4.69, 9.17) is 25.8 Å². The number of hydrazone groups is 1. The van der Waals surface area contributed by atoms with Crippen LogP contribution in [0.2, 0.25) is 5.02 Å². The summed E-state index contributed by atoms with van der Waals surface area (Å²) in [4.78, 5) is 29.1. The van der Waals surface area contributed by atoms with E-state index in [0.29, 0.717) is 61.8 Å². The van der Waals surface area contributed by atoms with Crippen molar-refractivity contribution in [3.05, 3.63) is 112 Å². The lowest BCUT2D eigenvalue weighted by Crippen LogP contribution is -2.19. The number of nitrogens with one attached hydrogen (secondary N) is 2. The maximum Gasteiger partial charge on any atom is 0.343 e. The van der Waals surface area contributed by atoms with Crippen molar-refractivity contribution in [1.82, 2.24) is 10.4 Å². The maximum absolute atomic E-state index is 13.4. The van der Waals surface area contributed by atoms with Crippen LogP contribution in [0.5, 0.6) is 17.2 Å². The number of carbonyl (C=O) groups is 2. The van der Waals surface area contributed by atoms with Gasteiger partial charge in [0, 0.05) is 21.5 Å². The number of nitrogens with zero attached hydrogens (tertiary/aromatic N) is 2. The summed E-state index contributed by atoms with van der Waals surface area (Å²) in [5, 5.41) is 14.9. The SMILES string of the molecule is CCOc1cc(C=NNC(=O)c2[nH]c3c(C#N)cccc3c2-c2ccccc2Cl)ccc1OC(=O)c1ccc(OC)cc1. The van der Waals surface area contributed by atoms with Crippen molar-refractivity contribution in [3.8, 4) is 34.4 Å². The van der Waals surface area contributed by atoms with Crippen molar-refractivity contribution in [1.29, 1.82) is 5.26 Å². The van der Waals surface area contributed by atoms with Gasteiger partial charge in [0.2, 0.25) is 0 Å². The van der Waals surface area contributed by atoms with E-state index in [1.807, 2.05) is 25.1 Å². The van der Waals surface area contributed by atoms with Crippen molar-refractivity contribution < 1.29 is 23.8 Å². The Morgan fingerprint density at radius 1 is 1.02 bits per heavy atom. The third-order valence-corrected chi connectivity index (χ3v) is 6.83. The summed E-state index contributed by atoms with van der Waals surface area (Å²) < 4.78 is 16.4. The van der Waals surface area contributed by atoms with Gasteiger partial charge in [0.25, 0.3) is 5.91 Å². The van der Waals surface area contributed by atoms with Crippen molar-refractivity contribution >= 4 is 40.6 Å². The van der Waals surface area contributed by atoms with Gasteiger partial charge in [0.1, 0.15) is 17.5 Å². The Labute approximate surface area is 252 Å². The number of rotatable bonds is 9. The van der Waals surface area contributed by atoms with Gasteiger partial charge in [-0.2, -0.15) is 10.4 Å². The summed E-state index contributed by atoms with van der Waals surface area (Å²) in [6.07, 6.45) is 1.44. The van der Waals surface area contributed by atoms with Gasteiger partial charge in [0.15, 0.2) is 11.5 Å². The molecule has 9 nitrogen and oxygen atoms in total. The molecule has 0 unspecified atom stereocenters. The highest BCUT2D eigenvalue weighted by atomic mass is 35.5. The molecule has 0 saturated heterocycles. The van der Waals surface area contributed by atoms with Crippen LogP contribution in [0.3, 0.4) is 0 Å². The smallest absolute Gasteiger partial charge is 0.343 e. The molecule has 5 rings (SSSR count). The van der Waals surface area contributed by atoms with E-state index in [-0.39, 0.29) is 11.4 Å². The van der Waals surface area contributed by atoms with Gasteiger partial charge in [0.05, 0.1) is 36.6 Å². The molecule has 0 saturated carbocycles. The van der Waals surface area contributed by atoms with Crippen LogP contribution in [0, 0.1) is 11.3 Å². The van der Waals surface area contributed by atoms with Crippen LogP contribution in [0.25, 0.3) is 22.0 Å². The third-order valence-electron chi connectivity index (χ3n) is 6.50. The molecule has 2 N–H and O–H groups in total. The molecule has 1 amide bonds. The highest BCUT2D eigenvalue weighted by molar-refractivity contribution is 6.34. The number of aromatic amines is 1. The minimum Gasteiger partial charge on any atom is -0.497 e. The summed E-state index contributed by atoms with van der Waals surface area (Å²) in [6, 6.07) is 26.0. The van der Waals surface area contributed by atoms with Gasteiger partial charge < -0.3 is 19.2 Å². The van der Waals surface area contributed by atoms with E-state index in [0.717, 1.165) is 0 Å². The number of para-hydroxylation sites is 1. The molecule has 1 heterocycles. The number of fused-ring (bicyclic) bond motifs is 1. The number of hydrogen-bond donors (Lipinski definition) is 2. The highest BCUT2D eigenvalue weighted by Crippen LogP contribution is 2.37. The number of aromatic nitrogens is 1. The van der Waals surface area contributed by atoms with E-state index in [2.05, 4.69) is 21.6 Å². The predicted molar refractivity (Wildman–Crippen MR) is 164 cm³/mol. The molecule has 43 heavy (non-hydrogen) atoms. The first-order valence-corrected chi connectivity index (χ1v) is 13.6. The number of esters is 1. The fourth-order valence-electron chi connectivity index (χ4n) is 4.49. The van der Waals surface area contributed by atoms with Crippen LogP contribution in [0.4, 0.5) is 0 Å². The number of halogens is 1. The Morgan fingerprint density at radius 3 is 2.53 bits per heavy atom. The van der Waals surface area contributed by atoms with Crippen molar-refractivity contribution in [3.63, 3.8) is 0 Å². The van der Waals surface area contributed by atoms with E-state index in [1.165, 1.54) is 6.21 Å². The van der Waals surface area contributed by atoms with Crippen LogP contribution >= 0.6 is 11.6 Å². The van der Waals surface area contributed by atoms with E-state index >= 15 is 0 Å². The fourth-order valence-corrected chi connectivity index (χ4v) is 4.72.